The van der Waals surface area contributed by atoms with E-state index < -0.39 is 15.7 Å². The minimum Gasteiger partial charge on any atom is -0.317 e. The van der Waals surface area contributed by atoms with Crippen molar-refractivity contribution in [2.45, 2.75) is 17.9 Å². The Morgan fingerprint density at radius 1 is 1.50 bits per heavy atom. The zero-order valence-corrected chi connectivity index (χ0v) is 10.7. The zero-order valence-electron chi connectivity index (χ0n) is 9.87. The molecule has 1 aliphatic heterocycles. The summed E-state index contributed by atoms with van der Waals surface area (Å²) in [6.45, 7) is 1.85. The van der Waals surface area contributed by atoms with Gasteiger partial charge in [-0.15, -0.1) is 0 Å². The first-order valence-corrected chi connectivity index (χ1v) is 7.19. The monoisotopic (exact) mass is 269 g/mol. The average molecular weight is 269 g/mol. The molecule has 1 aromatic heterocycles. The number of hydrogen-bond donors (Lipinski definition) is 1. The van der Waals surface area contributed by atoms with Gasteiger partial charge >= 0.3 is 5.69 Å². The van der Waals surface area contributed by atoms with Crippen molar-refractivity contribution < 1.29 is 9.13 Å². The quantitative estimate of drug-likeness (QED) is 0.653. The SMILES string of the molecule is O=[N+]([O-])c1cccnc1[S@](=O)CC1CCNCC1. The second-order valence-electron chi connectivity index (χ2n) is 4.29. The Morgan fingerprint density at radius 2 is 2.22 bits per heavy atom. The maximum Gasteiger partial charge on any atom is 0.303 e. The molecule has 2 rings (SSSR count). The molecule has 0 saturated carbocycles. The maximum absolute atomic E-state index is 12.2. The zero-order chi connectivity index (χ0) is 13.0. The third-order valence-corrected chi connectivity index (χ3v) is 4.53. The first kappa shape index (κ1) is 13.1. The lowest BCUT2D eigenvalue weighted by atomic mass is 10.0. The number of nitro groups is 1. The highest BCUT2D eigenvalue weighted by Crippen LogP contribution is 2.22. The standard InChI is InChI=1S/C11H15N3O3S/c15-14(16)10-2-1-5-13-11(10)18(17)8-9-3-6-12-7-4-9/h1-2,5,9,12H,3-4,6-8H2/t18-/m1/s1. The molecular formula is C11H15N3O3S. The molecule has 1 fully saturated rings. The summed E-state index contributed by atoms with van der Waals surface area (Å²) < 4.78 is 12.2. The van der Waals surface area contributed by atoms with Crippen molar-refractivity contribution in [3.63, 3.8) is 0 Å². The smallest absolute Gasteiger partial charge is 0.303 e. The van der Waals surface area contributed by atoms with Gasteiger partial charge in [0.05, 0.1) is 15.7 Å². The molecule has 98 valence electrons. The third kappa shape index (κ3) is 3.11. The van der Waals surface area contributed by atoms with Crippen LogP contribution in [0, 0.1) is 16.0 Å². The van der Waals surface area contributed by atoms with Gasteiger partial charge in [-0.25, -0.2) is 4.98 Å². The molecule has 0 amide bonds. The molecule has 0 bridgehead atoms. The molecule has 1 N–H and O–H groups in total. The Kier molecular flexibility index (Phi) is 4.38. The Bertz CT molecular complexity index is 461. The molecular weight excluding hydrogens is 254 g/mol. The molecule has 2 heterocycles. The largest absolute Gasteiger partial charge is 0.317 e. The summed E-state index contributed by atoms with van der Waals surface area (Å²) in [6.07, 6.45) is 3.38. The molecule has 0 aromatic carbocycles. The van der Waals surface area contributed by atoms with Gasteiger partial charge in [-0.2, -0.15) is 0 Å². The van der Waals surface area contributed by atoms with Crippen LogP contribution in [-0.2, 0) is 10.8 Å². The normalized spacial score (nSPS) is 18.4. The van der Waals surface area contributed by atoms with Crippen LogP contribution in [0.1, 0.15) is 12.8 Å². The number of aromatic nitrogens is 1. The van der Waals surface area contributed by atoms with Gasteiger partial charge in [0, 0.05) is 18.0 Å². The summed E-state index contributed by atoms with van der Waals surface area (Å²) in [7, 11) is -1.39. The van der Waals surface area contributed by atoms with Crippen LogP contribution in [-0.4, -0.2) is 33.0 Å². The molecule has 1 aliphatic rings. The van der Waals surface area contributed by atoms with Gasteiger partial charge in [0.1, 0.15) is 0 Å². The van der Waals surface area contributed by atoms with E-state index in [4.69, 9.17) is 0 Å². The van der Waals surface area contributed by atoms with Crippen LogP contribution in [0.4, 0.5) is 5.69 Å². The Labute approximate surface area is 107 Å². The highest BCUT2D eigenvalue weighted by atomic mass is 32.2. The van der Waals surface area contributed by atoms with Gasteiger partial charge in [0.15, 0.2) is 0 Å². The molecule has 6 nitrogen and oxygen atoms in total. The van der Waals surface area contributed by atoms with E-state index in [9.17, 15) is 14.3 Å². The number of piperidine rings is 1. The van der Waals surface area contributed by atoms with Crippen molar-refractivity contribution in [2.24, 2.45) is 5.92 Å². The van der Waals surface area contributed by atoms with E-state index in [2.05, 4.69) is 10.3 Å². The Morgan fingerprint density at radius 3 is 2.89 bits per heavy atom. The Balaban J connectivity index is 2.10. The molecule has 7 heteroatoms. The number of pyridine rings is 1. The van der Waals surface area contributed by atoms with Crippen LogP contribution in [0.2, 0.25) is 0 Å². The highest BCUT2D eigenvalue weighted by Gasteiger charge is 2.23. The van der Waals surface area contributed by atoms with Crippen molar-refractivity contribution in [1.29, 1.82) is 0 Å². The predicted molar refractivity (Wildman–Crippen MR) is 67.8 cm³/mol. The lowest BCUT2D eigenvalue weighted by Crippen LogP contribution is -2.30. The van der Waals surface area contributed by atoms with E-state index in [1.807, 2.05) is 0 Å². The molecule has 0 aliphatic carbocycles. The van der Waals surface area contributed by atoms with Crippen molar-refractivity contribution in [1.82, 2.24) is 10.3 Å². The summed E-state index contributed by atoms with van der Waals surface area (Å²) >= 11 is 0. The van der Waals surface area contributed by atoms with Crippen LogP contribution in [0.25, 0.3) is 0 Å². The van der Waals surface area contributed by atoms with Gasteiger partial charge in [-0.3, -0.25) is 14.3 Å². The lowest BCUT2D eigenvalue weighted by Gasteiger charge is -2.21. The fourth-order valence-corrected chi connectivity index (χ4v) is 3.51. The topological polar surface area (TPSA) is 85.1 Å². The first-order valence-electron chi connectivity index (χ1n) is 5.87. The van der Waals surface area contributed by atoms with Crippen LogP contribution in [0.3, 0.4) is 0 Å². The maximum atomic E-state index is 12.2. The molecule has 1 saturated heterocycles. The molecule has 0 unspecified atom stereocenters. The molecule has 0 spiro atoms. The molecule has 18 heavy (non-hydrogen) atoms. The van der Waals surface area contributed by atoms with Gasteiger partial charge in [-0.05, 0) is 37.9 Å². The highest BCUT2D eigenvalue weighted by molar-refractivity contribution is 7.85. The number of hydrogen-bond acceptors (Lipinski definition) is 5. The van der Waals surface area contributed by atoms with E-state index in [-0.39, 0.29) is 10.7 Å². The van der Waals surface area contributed by atoms with Crippen molar-refractivity contribution in [3.8, 4) is 0 Å². The fraction of sp³-hybridized carbons (Fsp3) is 0.545. The molecule has 0 radical (unpaired) electrons. The number of nitrogens with one attached hydrogen (secondary N) is 1. The number of rotatable bonds is 4. The lowest BCUT2D eigenvalue weighted by molar-refractivity contribution is -0.388. The first-order chi connectivity index (χ1) is 8.68. The van der Waals surface area contributed by atoms with E-state index >= 15 is 0 Å². The van der Waals surface area contributed by atoms with Crippen molar-refractivity contribution in [2.75, 3.05) is 18.8 Å². The summed E-state index contributed by atoms with van der Waals surface area (Å²) in [5.74, 6) is 0.813. The van der Waals surface area contributed by atoms with E-state index in [1.165, 1.54) is 18.3 Å². The molecule has 1 aromatic rings. The summed E-state index contributed by atoms with van der Waals surface area (Å²) in [5.41, 5.74) is -0.148. The van der Waals surface area contributed by atoms with Gasteiger partial charge in [0.25, 0.3) is 0 Å². The van der Waals surface area contributed by atoms with Crippen LogP contribution >= 0.6 is 0 Å². The van der Waals surface area contributed by atoms with E-state index in [0.717, 1.165) is 25.9 Å². The Hall–Kier alpha value is -1.34. The minimum absolute atomic E-state index is 0.0982. The summed E-state index contributed by atoms with van der Waals surface area (Å²) in [5, 5.41) is 14.2. The fourth-order valence-electron chi connectivity index (χ4n) is 2.04. The van der Waals surface area contributed by atoms with E-state index in [0.29, 0.717) is 11.7 Å². The van der Waals surface area contributed by atoms with Crippen molar-refractivity contribution >= 4 is 16.5 Å². The summed E-state index contributed by atoms with van der Waals surface area (Å²) in [4.78, 5) is 14.2. The van der Waals surface area contributed by atoms with Gasteiger partial charge < -0.3 is 5.32 Å². The van der Waals surface area contributed by atoms with Crippen molar-refractivity contribution in [3.05, 3.63) is 28.4 Å². The van der Waals surface area contributed by atoms with Crippen LogP contribution in [0.5, 0.6) is 0 Å². The second-order valence-corrected chi connectivity index (χ2v) is 5.70. The van der Waals surface area contributed by atoms with E-state index in [1.54, 1.807) is 0 Å². The third-order valence-electron chi connectivity index (χ3n) is 3.01. The van der Waals surface area contributed by atoms with Crippen LogP contribution in [0.15, 0.2) is 23.4 Å². The minimum atomic E-state index is -1.39. The second kappa shape index (κ2) is 6.01. The van der Waals surface area contributed by atoms with Gasteiger partial charge in [0.2, 0.25) is 5.03 Å². The van der Waals surface area contributed by atoms with Crippen LogP contribution < -0.4 is 5.32 Å². The van der Waals surface area contributed by atoms with Gasteiger partial charge in [-0.1, -0.05) is 0 Å². The average Bonchev–Trinajstić information content (AvgIpc) is 2.40. The predicted octanol–water partition coefficient (Wildman–Crippen LogP) is 1.10. The number of nitrogens with zero attached hydrogens (tertiary/aromatic N) is 2. The summed E-state index contributed by atoms with van der Waals surface area (Å²) in [6, 6.07) is 2.84. The molecule has 1 atom stereocenters.